The maximum Gasteiger partial charge on any atom is 0.251 e. The first-order chi connectivity index (χ1) is 16.6. The average Bonchev–Trinajstić information content (AvgIpc) is 3.13. The maximum atomic E-state index is 12.2. The highest BCUT2D eigenvalue weighted by Crippen LogP contribution is 2.39. The van der Waals surface area contributed by atoms with Gasteiger partial charge in [0.2, 0.25) is 0 Å². The van der Waals surface area contributed by atoms with Crippen LogP contribution in [0.15, 0.2) is 39.8 Å². The molecule has 8 heteroatoms. The van der Waals surface area contributed by atoms with Crippen molar-refractivity contribution >= 4 is 33.5 Å². The molecule has 1 saturated carbocycles. The van der Waals surface area contributed by atoms with E-state index in [1.165, 1.54) is 12.8 Å². The van der Waals surface area contributed by atoms with Gasteiger partial charge in [0.05, 0.1) is 22.9 Å². The topological polar surface area (TPSA) is 90.3 Å². The molecule has 0 amide bonds. The molecule has 1 aliphatic heterocycles. The molecule has 0 spiro atoms. The molecule has 176 valence electrons. The summed E-state index contributed by atoms with van der Waals surface area (Å²) in [6.45, 7) is 6.72. The van der Waals surface area contributed by atoms with E-state index in [0.717, 1.165) is 70.0 Å². The van der Waals surface area contributed by atoms with Crippen LogP contribution in [0, 0.1) is 6.92 Å². The summed E-state index contributed by atoms with van der Waals surface area (Å²) in [5.74, 6) is 0.866. The lowest BCUT2D eigenvalue weighted by Gasteiger charge is -2.54. The number of furan rings is 1. The fraction of sp³-hybridized carbons (Fsp3) is 0.423. The monoisotopic (exact) mass is 458 g/mol. The first kappa shape index (κ1) is 21.2. The lowest BCUT2D eigenvalue weighted by Crippen LogP contribution is -2.64. The van der Waals surface area contributed by atoms with Crippen LogP contribution in [0.25, 0.3) is 22.1 Å². The van der Waals surface area contributed by atoms with Gasteiger partial charge < -0.3 is 19.6 Å². The van der Waals surface area contributed by atoms with Crippen molar-refractivity contribution in [2.24, 2.45) is 0 Å². The summed E-state index contributed by atoms with van der Waals surface area (Å²) >= 11 is 0. The Morgan fingerprint density at radius 2 is 2.00 bits per heavy atom. The molecule has 0 unspecified atom stereocenters. The minimum absolute atomic E-state index is 0.0132. The number of nitrogens with one attached hydrogen (secondary N) is 2. The summed E-state index contributed by atoms with van der Waals surface area (Å²) < 4.78 is 5.97. The third-order valence-corrected chi connectivity index (χ3v) is 7.56. The van der Waals surface area contributed by atoms with Crippen molar-refractivity contribution in [3.63, 3.8) is 0 Å². The molecular weight excluding hydrogens is 428 g/mol. The molecule has 0 bridgehead atoms. The first-order valence-electron chi connectivity index (χ1n) is 12.1. The van der Waals surface area contributed by atoms with Crippen LogP contribution in [0.4, 0.5) is 11.4 Å². The average molecular weight is 459 g/mol. The molecule has 2 N–H and O–H groups in total. The van der Waals surface area contributed by atoms with Crippen molar-refractivity contribution in [3.05, 3.63) is 57.8 Å². The van der Waals surface area contributed by atoms with E-state index in [2.05, 4.69) is 37.2 Å². The van der Waals surface area contributed by atoms with Crippen LogP contribution in [0.3, 0.4) is 0 Å². The highest BCUT2D eigenvalue weighted by Gasteiger charge is 2.43. The zero-order valence-corrected chi connectivity index (χ0v) is 19.9. The fourth-order valence-electron chi connectivity index (χ4n) is 5.62. The Morgan fingerprint density at radius 3 is 2.76 bits per heavy atom. The fourth-order valence-corrected chi connectivity index (χ4v) is 5.62. The number of aromatic amines is 1. The van der Waals surface area contributed by atoms with E-state index < -0.39 is 0 Å². The molecule has 5 heterocycles. The standard InChI is InChI=1S/C26H30N6O2/c1-4-17-10-19-20(30-26(17)33)9-16(12-28-19)14-31-7-8-32(22-6-5-21(22)31)18-11-23-25(29-13-18)24(27-3)15(2)34-23/h9-13,21-22,27H,4-8,14H2,1-3H3,(H,30,33)/t21-,22+/m1/s1. The van der Waals surface area contributed by atoms with E-state index in [0.29, 0.717) is 18.5 Å². The number of aromatic nitrogens is 3. The Balaban J connectivity index is 1.21. The Hall–Kier alpha value is -3.39. The normalized spacial score (nSPS) is 20.5. The van der Waals surface area contributed by atoms with Gasteiger partial charge in [-0.2, -0.15) is 0 Å². The largest absolute Gasteiger partial charge is 0.457 e. The van der Waals surface area contributed by atoms with E-state index in [1.807, 2.05) is 39.4 Å². The summed E-state index contributed by atoms with van der Waals surface area (Å²) in [4.78, 5) is 29.7. The van der Waals surface area contributed by atoms with E-state index in [9.17, 15) is 4.79 Å². The van der Waals surface area contributed by atoms with E-state index >= 15 is 0 Å². The Kier molecular flexibility index (Phi) is 5.06. The minimum Gasteiger partial charge on any atom is -0.457 e. The van der Waals surface area contributed by atoms with Gasteiger partial charge in [0, 0.05) is 56.6 Å². The summed E-state index contributed by atoms with van der Waals surface area (Å²) in [6.07, 6.45) is 7.02. The lowest BCUT2D eigenvalue weighted by molar-refractivity contribution is 0.0659. The molecular formula is C26H30N6O2. The number of fused-ring (bicyclic) bond motifs is 3. The van der Waals surface area contributed by atoms with Crippen molar-refractivity contribution in [3.8, 4) is 0 Å². The van der Waals surface area contributed by atoms with Gasteiger partial charge in [-0.1, -0.05) is 6.92 Å². The molecule has 34 heavy (non-hydrogen) atoms. The van der Waals surface area contributed by atoms with Gasteiger partial charge in [0.1, 0.15) is 17.0 Å². The number of H-pyrrole nitrogens is 1. The molecule has 4 aromatic rings. The van der Waals surface area contributed by atoms with Crippen LogP contribution in [0.1, 0.15) is 36.7 Å². The number of hydrogen-bond acceptors (Lipinski definition) is 7. The second kappa shape index (κ2) is 8.13. The van der Waals surface area contributed by atoms with Crippen molar-refractivity contribution < 1.29 is 4.42 Å². The quantitative estimate of drug-likeness (QED) is 0.470. The molecule has 2 atom stereocenters. The molecule has 1 aliphatic carbocycles. The lowest BCUT2D eigenvalue weighted by atomic mass is 9.81. The van der Waals surface area contributed by atoms with Crippen molar-refractivity contribution in [2.75, 3.05) is 30.4 Å². The van der Waals surface area contributed by atoms with Crippen LogP contribution >= 0.6 is 0 Å². The first-order valence-corrected chi connectivity index (χ1v) is 12.1. The van der Waals surface area contributed by atoms with Crippen molar-refractivity contribution in [2.45, 2.75) is 51.7 Å². The van der Waals surface area contributed by atoms with Crippen molar-refractivity contribution in [1.29, 1.82) is 0 Å². The third kappa shape index (κ3) is 3.36. The Bertz CT molecular complexity index is 1440. The third-order valence-electron chi connectivity index (χ3n) is 7.56. The maximum absolute atomic E-state index is 12.2. The number of aryl methyl sites for hydroxylation is 2. The molecule has 2 fully saturated rings. The number of nitrogens with zero attached hydrogens (tertiary/aromatic N) is 4. The van der Waals surface area contributed by atoms with E-state index in [1.54, 1.807) is 0 Å². The molecule has 1 saturated heterocycles. The zero-order chi connectivity index (χ0) is 23.4. The SMILES string of the molecule is CCc1cc2ncc(CN3CCN(c4cnc5c(NC)c(C)oc5c4)[C@H]4CC[C@H]43)cc2[nH]c1=O. The second-order valence-electron chi connectivity index (χ2n) is 9.45. The van der Waals surface area contributed by atoms with Gasteiger partial charge >= 0.3 is 0 Å². The van der Waals surface area contributed by atoms with Crippen LogP contribution < -0.4 is 15.8 Å². The minimum atomic E-state index is -0.0132. The van der Waals surface area contributed by atoms with Gasteiger partial charge in [-0.3, -0.25) is 14.7 Å². The number of hydrogen-bond donors (Lipinski definition) is 2. The Labute approximate surface area is 198 Å². The summed E-state index contributed by atoms with van der Waals surface area (Å²) in [7, 11) is 1.90. The van der Waals surface area contributed by atoms with E-state index in [-0.39, 0.29) is 5.56 Å². The number of pyridine rings is 3. The summed E-state index contributed by atoms with van der Waals surface area (Å²) in [5, 5.41) is 3.19. The highest BCUT2D eigenvalue weighted by molar-refractivity contribution is 5.90. The second-order valence-corrected chi connectivity index (χ2v) is 9.45. The van der Waals surface area contributed by atoms with Crippen LogP contribution in [-0.4, -0.2) is 52.1 Å². The molecule has 6 rings (SSSR count). The predicted molar refractivity (Wildman–Crippen MR) is 135 cm³/mol. The number of rotatable bonds is 5. The number of piperazine rings is 1. The van der Waals surface area contributed by atoms with Crippen LogP contribution in [-0.2, 0) is 13.0 Å². The number of anilines is 2. The highest BCUT2D eigenvalue weighted by atomic mass is 16.3. The van der Waals surface area contributed by atoms with Crippen LogP contribution in [0.5, 0.6) is 0 Å². The van der Waals surface area contributed by atoms with Crippen LogP contribution in [0.2, 0.25) is 0 Å². The molecule has 4 aromatic heterocycles. The van der Waals surface area contributed by atoms with Gasteiger partial charge in [-0.05, 0) is 43.9 Å². The van der Waals surface area contributed by atoms with E-state index in [4.69, 9.17) is 9.40 Å². The molecule has 8 nitrogen and oxygen atoms in total. The van der Waals surface area contributed by atoms with Gasteiger partial charge in [-0.15, -0.1) is 0 Å². The molecule has 0 aromatic carbocycles. The Morgan fingerprint density at radius 1 is 1.15 bits per heavy atom. The smallest absolute Gasteiger partial charge is 0.251 e. The van der Waals surface area contributed by atoms with Gasteiger partial charge in [-0.25, -0.2) is 4.98 Å². The van der Waals surface area contributed by atoms with Crippen molar-refractivity contribution in [1.82, 2.24) is 19.9 Å². The van der Waals surface area contributed by atoms with Gasteiger partial charge in [0.25, 0.3) is 5.56 Å². The zero-order valence-electron chi connectivity index (χ0n) is 19.9. The predicted octanol–water partition coefficient (Wildman–Crippen LogP) is 3.83. The summed E-state index contributed by atoms with van der Waals surface area (Å²) in [5.41, 5.74) is 7.39. The molecule has 0 radical (unpaired) electrons. The van der Waals surface area contributed by atoms with Gasteiger partial charge in [0.15, 0.2) is 5.58 Å². The molecule has 2 aliphatic rings. The summed E-state index contributed by atoms with van der Waals surface area (Å²) in [6, 6.07) is 7.11.